The Morgan fingerprint density at radius 3 is 2.52 bits per heavy atom. The van der Waals surface area contributed by atoms with Crippen molar-refractivity contribution in [2.24, 2.45) is 0 Å². The Bertz CT molecular complexity index is 608. The second kappa shape index (κ2) is 7.59. The first-order chi connectivity index (χ1) is 10.2. The lowest BCUT2D eigenvalue weighted by Gasteiger charge is -2.08. The maximum atomic E-state index is 11.9. The zero-order valence-electron chi connectivity index (χ0n) is 11.9. The average molecular weight is 302 g/mol. The molecule has 0 bridgehead atoms. The van der Waals surface area contributed by atoms with Gasteiger partial charge in [-0.3, -0.25) is 9.59 Å². The van der Waals surface area contributed by atoms with E-state index in [1.807, 2.05) is 42.6 Å². The minimum Gasteiger partial charge on any atom is -0.354 e. The molecular formula is C16H18N2O2S. The van der Waals surface area contributed by atoms with Gasteiger partial charge in [-0.2, -0.15) is 0 Å². The van der Waals surface area contributed by atoms with Crippen LogP contribution in [0.4, 0.5) is 0 Å². The van der Waals surface area contributed by atoms with E-state index in [1.54, 1.807) is 17.4 Å². The van der Waals surface area contributed by atoms with Gasteiger partial charge < -0.3 is 10.6 Å². The lowest BCUT2D eigenvalue weighted by molar-refractivity contribution is -0.120. The highest BCUT2D eigenvalue weighted by molar-refractivity contribution is 7.10. The van der Waals surface area contributed by atoms with Gasteiger partial charge in [-0.1, -0.05) is 24.3 Å². The molecule has 0 saturated carbocycles. The molecular weight excluding hydrogens is 284 g/mol. The zero-order chi connectivity index (χ0) is 15.1. The van der Waals surface area contributed by atoms with Crippen LogP contribution in [0, 0.1) is 6.92 Å². The summed E-state index contributed by atoms with van der Waals surface area (Å²) in [6.07, 6.45) is 0.392. The van der Waals surface area contributed by atoms with Crippen LogP contribution < -0.4 is 10.6 Å². The van der Waals surface area contributed by atoms with Gasteiger partial charge in [-0.25, -0.2) is 0 Å². The van der Waals surface area contributed by atoms with E-state index in [2.05, 4.69) is 10.6 Å². The van der Waals surface area contributed by atoms with E-state index >= 15 is 0 Å². The average Bonchev–Trinajstić information content (AvgIpc) is 2.96. The maximum absolute atomic E-state index is 11.9. The van der Waals surface area contributed by atoms with Crippen LogP contribution >= 0.6 is 11.3 Å². The number of carbonyl (C=O) groups excluding carboxylic acids is 2. The van der Waals surface area contributed by atoms with Gasteiger partial charge in [0.25, 0.3) is 5.91 Å². The number of aryl methyl sites for hydroxylation is 1. The summed E-state index contributed by atoms with van der Waals surface area (Å²) >= 11 is 1.56. The summed E-state index contributed by atoms with van der Waals surface area (Å²) in [5.74, 6) is -0.136. The molecule has 1 heterocycles. The van der Waals surface area contributed by atoms with E-state index in [0.29, 0.717) is 25.1 Å². The lowest BCUT2D eigenvalue weighted by Crippen LogP contribution is -2.35. The largest absolute Gasteiger partial charge is 0.354 e. The van der Waals surface area contributed by atoms with Gasteiger partial charge >= 0.3 is 0 Å². The molecule has 0 unspecified atom stereocenters. The molecule has 110 valence electrons. The summed E-state index contributed by atoms with van der Waals surface area (Å²) in [5, 5.41) is 7.55. The molecule has 0 saturated heterocycles. The second-order valence-electron chi connectivity index (χ2n) is 4.68. The van der Waals surface area contributed by atoms with Crippen LogP contribution in [0.2, 0.25) is 0 Å². The van der Waals surface area contributed by atoms with Gasteiger partial charge in [0.15, 0.2) is 0 Å². The summed E-state index contributed by atoms with van der Waals surface area (Å²) in [4.78, 5) is 24.6. The molecule has 0 atom stereocenters. The molecule has 0 aliphatic heterocycles. The number of rotatable bonds is 6. The topological polar surface area (TPSA) is 58.2 Å². The van der Waals surface area contributed by atoms with Crippen LogP contribution in [0.5, 0.6) is 0 Å². The molecule has 1 aromatic carbocycles. The van der Waals surface area contributed by atoms with Crippen molar-refractivity contribution in [1.29, 1.82) is 0 Å². The number of hydrogen-bond donors (Lipinski definition) is 2. The van der Waals surface area contributed by atoms with E-state index in [0.717, 1.165) is 10.4 Å². The predicted octanol–water partition coefficient (Wildman–Crippen LogP) is 2.15. The van der Waals surface area contributed by atoms with Crippen LogP contribution in [-0.2, 0) is 11.2 Å². The van der Waals surface area contributed by atoms with Crippen LogP contribution in [0.3, 0.4) is 0 Å². The van der Waals surface area contributed by atoms with Gasteiger partial charge in [-0.15, -0.1) is 11.3 Å². The highest BCUT2D eigenvalue weighted by Gasteiger charge is 2.07. The number of benzene rings is 1. The quantitative estimate of drug-likeness (QED) is 0.803. The summed E-state index contributed by atoms with van der Waals surface area (Å²) < 4.78 is 0. The summed E-state index contributed by atoms with van der Waals surface area (Å²) in [6.45, 7) is 2.75. The van der Waals surface area contributed by atoms with Gasteiger partial charge in [0.1, 0.15) is 0 Å². The minimum absolute atomic E-state index is 0.0254. The van der Waals surface area contributed by atoms with Crippen molar-refractivity contribution in [3.05, 3.63) is 57.8 Å². The molecule has 5 heteroatoms. The number of carbonyl (C=O) groups is 2. The second-order valence-corrected chi connectivity index (χ2v) is 5.71. The van der Waals surface area contributed by atoms with Gasteiger partial charge in [0.05, 0.1) is 6.42 Å². The van der Waals surface area contributed by atoms with Crippen LogP contribution in [0.15, 0.2) is 41.8 Å². The van der Waals surface area contributed by atoms with E-state index < -0.39 is 0 Å². The standard InChI is InChI=1S/C16H18N2O2S/c1-12-5-2-3-7-14(12)16(20)18-9-8-17-15(19)11-13-6-4-10-21-13/h2-7,10H,8-9,11H2,1H3,(H,17,19)(H,18,20). The molecule has 0 fully saturated rings. The number of hydrogen-bond acceptors (Lipinski definition) is 3. The first kappa shape index (κ1) is 15.3. The summed E-state index contributed by atoms with van der Waals surface area (Å²) in [7, 11) is 0. The molecule has 0 aliphatic carbocycles. The highest BCUT2D eigenvalue weighted by atomic mass is 32.1. The third-order valence-electron chi connectivity index (χ3n) is 3.04. The molecule has 4 nitrogen and oxygen atoms in total. The van der Waals surface area contributed by atoms with E-state index in [-0.39, 0.29) is 11.8 Å². The molecule has 2 amide bonds. The molecule has 2 N–H and O–H groups in total. The normalized spacial score (nSPS) is 10.1. The Labute approximate surface area is 128 Å². The molecule has 0 radical (unpaired) electrons. The van der Waals surface area contributed by atoms with Crippen LogP contribution in [0.1, 0.15) is 20.8 Å². The van der Waals surface area contributed by atoms with Gasteiger partial charge in [-0.05, 0) is 30.0 Å². The van der Waals surface area contributed by atoms with Crippen molar-refractivity contribution >= 4 is 23.2 Å². The Kier molecular flexibility index (Phi) is 5.51. The van der Waals surface area contributed by atoms with Crippen molar-refractivity contribution < 1.29 is 9.59 Å². The first-order valence-electron chi connectivity index (χ1n) is 6.79. The number of nitrogens with one attached hydrogen (secondary N) is 2. The Hall–Kier alpha value is -2.14. The zero-order valence-corrected chi connectivity index (χ0v) is 12.7. The third kappa shape index (κ3) is 4.72. The molecule has 21 heavy (non-hydrogen) atoms. The SMILES string of the molecule is Cc1ccccc1C(=O)NCCNC(=O)Cc1cccs1. The Morgan fingerprint density at radius 1 is 1.05 bits per heavy atom. The smallest absolute Gasteiger partial charge is 0.251 e. The van der Waals surface area contributed by atoms with Crippen molar-refractivity contribution in [3.63, 3.8) is 0 Å². The van der Waals surface area contributed by atoms with Crippen molar-refractivity contribution in [3.8, 4) is 0 Å². The Morgan fingerprint density at radius 2 is 1.81 bits per heavy atom. The fourth-order valence-corrected chi connectivity index (χ4v) is 2.64. The van der Waals surface area contributed by atoms with E-state index in [1.165, 1.54) is 0 Å². The van der Waals surface area contributed by atoms with E-state index in [4.69, 9.17) is 0 Å². The van der Waals surface area contributed by atoms with Crippen LogP contribution in [0.25, 0.3) is 0 Å². The van der Waals surface area contributed by atoms with Crippen molar-refractivity contribution in [2.75, 3.05) is 13.1 Å². The number of thiophene rings is 1. The third-order valence-corrected chi connectivity index (χ3v) is 3.91. The van der Waals surface area contributed by atoms with Crippen molar-refractivity contribution in [2.45, 2.75) is 13.3 Å². The van der Waals surface area contributed by atoms with E-state index in [9.17, 15) is 9.59 Å². The van der Waals surface area contributed by atoms with Crippen molar-refractivity contribution in [1.82, 2.24) is 10.6 Å². The molecule has 2 aromatic rings. The number of amides is 2. The van der Waals surface area contributed by atoms with Crippen LogP contribution in [-0.4, -0.2) is 24.9 Å². The minimum atomic E-state index is -0.111. The van der Waals surface area contributed by atoms with Gasteiger partial charge in [0, 0.05) is 23.5 Å². The van der Waals surface area contributed by atoms with Gasteiger partial charge in [0.2, 0.25) is 5.91 Å². The molecule has 2 rings (SSSR count). The summed E-state index contributed by atoms with van der Waals surface area (Å²) in [6, 6.07) is 11.3. The molecule has 0 aliphatic rings. The summed E-state index contributed by atoms with van der Waals surface area (Å²) in [5.41, 5.74) is 1.61. The fraction of sp³-hybridized carbons (Fsp3) is 0.250. The monoisotopic (exact) mass is 302 g/mol. The highest BCUT2D eigenvalue weighted by Crippen LogP contribution is 2.08. The Balaban J connectivity index is 1.69. The maximum Gasteiger partial charge on any atom is 0.251 e. The lowest BCUT2D eigenvalue weighted by atomic mass is 10.1. The predicted molar refractivity (Wildman–Crippen MR) is 84.5 cm³/mol. The molecule has 0 spiro atoms. The molecule has 1 aromatic heterocycles. The first-order valence-corrected chi connectivity index (χ1v) is 7.67. The fourth-order valence-electron chi connectivity index (χ4n) is 1.93.